The second kappa shape index (κ2) is 8.01. The quantitative estimate of drug-likeness (QED) is 0.766. The van der Waals surface area contributed by atoms with Gasteiger partial charge in [0.25, 0.3) is 5.91 Å². The number of pyridine rings is 1. The topological polar surface area (TPSA) is 83.9 Å². The van der Waals surface area contributed by atoms with Crippen molar-refractivity contribution >= 4 is 17.3 Å². The van der Waals surface area contributed by atoms with E-state index < -0.39 is 23.4 Å². The second-order valence-electron chi connectivity index (χ2n) is 7.82. The van der Waals surface area contributed by atoms with Crippen molar-refractivity contribution in [2.24, 2.45) is 0 Å². The Balaban J connectivity index is 1.67. The molecule has 0 saturated carbocycles. The van der Waals surface area contributed by atoms with Crippen molar-refractivity contribution in [3.63, 3.8) is 0 Å². The third-order valence-electron chi connectivity index (χ3n) is 5.31. The van der Waals surface area contributed by atoms with E-state index in [2.05, 4.69) is 10.3 Å². The number of hydrogen-bond donors (Lipinski definition) is 2. The van der Waals surface area contributed by atoms with Crippen LogP contribution in [0.15, 0.2) is 30.3 Å². The number of morpholine rings is 1. The molecule has 166 valence electrons. The highest BCUT2D eigenvalue weighted by atomic mass is 19.4. The molecule has 31 heavy (non-hydrogen) atoms. The SMILES string of the molecule is CC1(CO)Cc2cc(NC(=O)c3cccc(C(F)(F)F)n3)c(N3CCOCC3)cc2O1. The van der Waals surface area contributed by atoms with Crippen LogP contribution in [-0.4, -0.2) is 54.5 Å². The number of aliphatic hydroxyl groups is 1. The van der Waals surface area contributed by atoms with E-state index in [-0.39, 0.29) is 12.3 Å². The number of carbonyl (C=O) groups is 1. The highest BCUT2D eigenvalue weighted by Gasteiger charge is 2.36. The van der Waals surface area contributed by atoms with E-state index >= 15 is 0 Å². The van der Waals surface area contributed by atoms with Crippen LogP contribution >= 0.6 is 0 Å². The van der Waals surface area contributed by atoms with Gasteiger partial charge in [-0.3, -0.25) is 4.79 Å². The molecular formula is C21H22F3N3O4. The van der Waals surface area contributed by atoms with Gasteiger partial charge in [-0.2, -0.15) is 13.2 Å². The number of rotatable bonds is 4. The van der Waals surface area contributed by atoms with Crippen LogP contribution in [0, 0.1) is 0 Å². The van der Waals surface area contributed by atoms with Crippen LogP contribution in [0.1, 0.15) is 28.7 Å². The third kappa shape index (κ3) is 4.45. The molecule has 0 spiro atoms. The highest BCUT2D eigenvalue weighted by Crippen LogP contribution is 2.42. The summed E-state index contributed by atoms with van der Waals surface area (Å²) in [6.07, 6.45) is -4.21. The van der Waals surface area contributed by atoms with E-state index in [1.54, 1.807) is 19.1 Å². The Morgan fingerprint density at radius 1 is 1.29 bits per heavy atom. The standard InChI is InChI=1S/C21H22F3N3O4/c1-20(12-28)11-13-9-15(16(10-17(13)31-20)27-5-7-30-8-6-27)26-19(29)14-3-2-4-18(25-14)21(22,23)24/h2-4,9-10,28H,5-8,11-12H2,1H3,(H,26,29). The lowest BCUT2D eigenvalue weighted by Crippen LogP contribution is -2.37. The zero-order chi connectivity index (χ0) is 22.2. The van der Waals surface area contributed by atoms with E-state index in [1.807, 2.05) is 4.90 Å². The van der Waals surface area contributed by atoms with Gasteiger partial charge in [0.15, 0.2) is 0 Å². The minimum absolute atomic E-state index is 0.176. The van der Waals surface area contributed by atoms with Gasteiger partial charge in [0, 0.05) is 31.1 Å². The van der Waals surface area contributed by atoms with Crippen LogP contribution < -0.4 is 15.0 Å². The first kappa shape index (κ1) is 21.4. The van der Waals surface area contributed by atoms with E-state index in [0.29, 0.717) is 49.8 Å². The van der Waals surface area contributed by atoms with E-state index in [0.717, 1.165) is 17.7 Å². The van der Waals surface area contributed by atoms with Crippen molar-refractivity contribution < 1.29 is 32.5 Å². The van der Waals surface area contributed by atoms with Gasteiger partial charge in [0.1, 0.15) is 22.7 Å². The number of ether oxygens (including phenoxy) is 2. The summed E-state index contributed by atoms with van der Waals surface area (Å²) in [6.45, 7) is 3.79. The number of nitrogens with zero attached hydrogens (tertiary/aromatic N) is 2. The predicted molar refractivity (Wildman–Crippen MR) is 106 cm³/mol. The van der Waals surface area contributed by atoms with Crippen molar-refractivity contribution in [3.05, 3.63) is 47.3 Å². The molecule has 1 unspecified atom stereocenters. The zero-order valence-corrected chi connectivity index (χ0v) is 16.8. The number of hydrogen-bond acceptors (Lipinski definition) is 6. The van der Waals surface area contributed by atoms with Crippen molar-refractivity contribution in [2.45, 2.75) is 25.1 Å². The molecule has 7 nitrogen and oxygen atoms in total. The Labute approximate surface area is 176 Å². The minimum atomic E-state index is -4.64. The second-order valence-corrected chi connectivity index (χ2v) is 7.82. The van der Waals surface area contributed by atoms with Crippen molar-refractivity contribution in [1.82, 2.24) is 4.98 Å². The van der Waals surface area contributed by atoms with Gasteiger partial charge in [-0.15, -0.1) is 0 Å². The largest absolute Gasteiger partial charge is 0.484 e. The number of anilines is 2. The Bertz CT molecular complexity index is 992. The molecule has 3 heterocycles. The molecule has 4 rings (SSSR count). The van der Waals surface area contributed by atoms with Crippen LogP contribution in [0.5, 0.6) is 5.75 Å². The molecule has 0 bridgehead atoms. The fourth-order valence-electron chi connectivity index (χ4n) is 3.71. The average molecular weight is 437 g/mol. The van der Waals surface area contributed by atoms with Crippen LogP contribution in [0.2, 0.25) is 0 Å². The van der Waals surface area contributed by atoms with Crippen molar-refractivity contribution in [3.8, 4) is 5.75 Å². The summed E-state index contributed by atoms with van der Waals surface area (Å²) in [5.41, 5.74) is -0.328. The fourth-order valence-corrected chi connectivity index (χ4v) is 3.71. The Morgan fingerprint density at radius 3 is 2.71 bits per heavy atom. The van der Waals surface area contributed by atoms with Crippen molar-refractivity contribution in [1.29, 1.82) is 0 Å². The molecule has 10 heteroatoms. The van der Waals surface area contributed by atoms with Gasteiger partial charge in [0.2, 0.25) is 0 Å². The lowest BCUT2D eigenvalue weighted by molar-refractivity contribution is -0.141. The highest BCUT2D eigenvalue weighted by molar-refractivity contribution is 6.05. The molecule has 1 amide bonds. The van der Waals surface area contributed by atoms with Gasteiger partial charge in [-0.05, 0) is 25.1 Å². The fraction of sp³-hybridized carbons (Fsp3) is 0.429. The normalized spacial score (nSPS) is 20.9. The Morgan fingerprint density at radius 2 is 2.03 bits per heavy atom. The monoisotopic (exact) mass is 437 g/mol. The number of fused-ring (bicyclic) bond motifs is 1. The predicted octanol–water partition coefficient (Wildman–Crippen LogP) is 2.88. The molecule has 0 aliphatic carbocycles. The zero-order valence-electron chi connectivity index (χ0n) is 16.8. The maximum Gasteiger partial charge on any atom is 0.433 e. The molecule has 2 aromatic rings. The molecule has 2 aliphatic rings. The van der Waals surface area contributed by atoms with E-state index in [9.17, 15) is 23.1 Å². The van der Waals surface area contributed by atoms with Gasteiger partial charge in [-0.1, -0.05) is 6.07 Å². The molecule has 1 atom stereocenters. The Hall–Kier alpha value is -2.85. The van der Waals surface area contributed by atoms with Gasteiger partial charge < -0.3 is 24.8 Å². The lowest BCUT2D eigenvalue weighted by atomic mass is 9.99. The number of benzene rings is 1. The summed E-state index contributed by atoms with van der Waals surface area (Å²) in [4.78, 5) is 18.2. The maximum absolute atomic E-state index is 13.0. The number of aromatic nitrogens is 1. The van der Waals surface area contributed by atoms with Crippen LogP contribution in [0.25, 0.3) is 0 Å². The first-order chi connectivity index (χ1) is 14.7. The van der Waals surface area contributed by atoms with Crippen LogP contribution in [0.3, 0.4) is 0 Å². The first-order valence-electron chi connectivity index (χ1n) is 9.84. The van der Waals surface area contributed by atoms with Gasteiger partial charge in [0.05, 0.1) is 31.2 Å². The average Bonchev–Trinajstić information content (AvgIpc) is 3.09. The first-order valence-corrected chi connectivity index (χ1v) is 9.84. The number of alkyl halides is 3. The molecule has 1 saturated heterocycles. The number of carbonyl (C=O) groups excluding carboxylic acids is 1. The molecule has 0 radical (unpaired) electrons. The summed E-state index contributed by atoms with van der Waals surface area (Å²) in [6, 6.07) is 6.73. The summed E-state index contributed by atoms with van der Waals surface area (Å²) < 4.78 is 50.2. The van der Waals surface area contributed by atoms with E-state index in [4.69, 9.17) is 9.47 Å². The number of nitrogens with one attached hydrogen (secondary N) is 1. The number of halogens is 3. The summed E-state index contributed by atoms with van der Waals surface area (Å²) in [7, 11) is 0. The molecular weight excluding hydrogens is 415 g/mol. The van der Waals surface area contributed by atoms with Gasteiger partial charge in [-0.25, -0.2) is 4.98 Å². The molecule has 2 N–H and O–H groups in total. The lowest BCUT2D eigenvalue weighted by Gasteiger charge is -2.31. The number of amides is 1. The molecule has 1 aromatic heterocycles. The Kier molecular flexibility index (Phi) is 5.52. The summed E-state index contributed by atoms with van der Waals surface area (Å²) >= 11 is 0. The number of aliphatic hydroxyl groups excluding tert-OH is 1. The van der Waals surface area contributed by atoms with Gasteiger partial charge >= 0.3 is 6.18 Å². The minimum Gasteiger partial charge on any atom is -0.484 e. The molecule has 2 aliphatic heterocycles. The summed E-state index contributed by atoms with van der Waals surface area (Å²) in [5.74, 6) is -0.141. The molecule has 1 aromatic carbocycles. The van der Waals surface area contributed by atoms with Crippen LogP contribution in [-0.2, 0) is 17.3 Å². The smallest absolute Gasteiger partial charge is 0.433 e. The summed E-state index contributed by atoms with van der Waals surface area (Å²) in [5, 5.41) is 12.4. The molecule has 1 fully saturated rings. The third-order valence-corrected chi connectivity index (χ3v) is 5.31. The maximum atomic E-state index is 13.0. The van der Waals surface area contributed by atoms with Crippen LogP contribution in [0.4, 0.5) is 24.5 Å². The van der Waals surface area contributed by atoms with Crippen molar-refractivity contribution in [2.75, 3.05) is 43.1 Å². The van der Waals surface area contributed by atoms with E-state index in [1.165, 1.54) is 6.07 Å².